The summed E-state index contributed by atoms with van der Waals surface area (Å²) >= 11 is 0. The van der Waals surface area contributed by atoms with Crippen molar-refractivity contribution in [3.05, 3.63) is 83.9 Å². The Labute approximate surface area is 225 Å². The van der Waals surface area contributed by atoms with Crippen LogP contribution in [-0.4, -0.2) is 62.0 Å². The lowest BCUT2D eigenvalue weighted by Crippen LogP contribution is -2.36. The molecule has 1 aliphatic rings. The lowest BCUT2D eigenvalue weighted by molar-refractivity contribution is 0.102. The molecule has 8 nitrogen and oxygen atoms in total. The molecule has 0 aliphatic carbocycles. The number of para-hydroxylation sites is 2. The van der Waals surface area contributed by atoms with Crippen molar-refractivity contribution >= 4 is 34.7 Å². The first kappa shape index (κ1) is 27.0. The summed E-state index contributed by atoms with van der Waals surface area (Å²) in [7, 11) is 3.98. The number of urea groups is 1. The molecule has 3 amide bonds. The van der Waals surface area contributed by atoms with E-state index in [1.807, 2.05) is 72.4 Å². The molecule has 0 radical (unpaired) electrons. The van der Waals surface area contributed by atoms with E-state index in [1.165, 1.54) is 12.8 Å². The van der Waals surface area contributed by atoms with Gasteiger partial charge in [-0.2, -0.15) is 0 Å². The van der Waals surface area contributed by atoms with Crippen LogP contribution in [0.1, 0.15) is 35.2 Å². The maximum absolute atomic E-state index is 13.3. The Morgan fingerprint density at radius 2 is 1.58 bits per heavy atom. The van der Waals surface area contributed by atoms with Gasteiger partial charge in [0.15, 0.2) is 0 Å². The number of carbonyl (C=O) groups is 2. The van der Waals surface area contributed by atoms with Gasteiger partial charge in [0, 0.05) is 44.1 Å². The van der Waals surface area contributed by atoms with Crippen molar-refractivity contribution < 1.29 is 9.59 Å². The van der Waals surface area contributed by atoms with Crippen molar-refractivity contribution in [3.8, 4) is 0 Å². The minimum atomic E-state index is -0.226. The van der Waals surface area contributed by atoms with Gasteiger partial charge >= 0.3 is 6.03 Å². The second-order valence-corrected chi connectivity index (χ2v) is 9.93. The van der Waals surface area contributed by atoms with Crippen molar-refractivity contribution in [2.24, 2.45) is 0 Å². The fourth-order valence-corrected chi connectivity index (χ4v) is 4.58. The molecule has 0 aromatic heterocycles. The van der Waals surface area contributed by atoms with E-state index in [2.05, 4.69) is 15.5 Å². The van der Waals surface area contributed by atoms with E-state index in [0.717, 1.165) is 43.0 Å². The van der Waals surface area contributed by atoms with Gasteiger partial charge in [0.25, 0.3) is 5.91 Å². The first-order valence-electron chi connectivity index (χ1n) is 13.2. The van der Waals surface area contributed by atoms with Gasteiger partial charge in [-0.1, -0.05) is 24.3 Å². The third-order valence-electron chi connectivity index (χ3n) is 6.82. The number of nitrogens with two attached hydrogens (primary N) is 1. The summed E-state index contributed by atoms with van der Waals surface area (Å²) in [5.74, 6) is -0.226. The second kappa shape index (κ2) is 13.0. The molecule has 3 aromatic rings. The normalized spacial score (nSPS) is 13.2. The summed E-state index contributed by atoms with van der Waals surface area (Å²) in [5, 5.41) is 5.90. The SMILES string of the molecule is CN(C)c1ccc(NC(=O)N(CCCN2CCCC2)Cc2ccc(C(=O)Nc3ccccc3N)cc2)cc1. The van der Waals surface area contributed by atoms with E-state index in [-0.39, 0.29) is 11.9 Å². The number of likely N-dealkylation sites (tertiary alicyclic amines) is 1. The monoisotopic (exact) mass is 514 g/mol. The smallest absolute Gasteiger partial charge is 0.322 e. The number of rotatable bonds is 10. The molecule has 1 aliphatic heterocycles. The van der Waals surface area contributed by atoms with Crippen molar-refractivity contribution in [2.75, 3.05) is 61.5 Å². The molecule has 8 heteroatoms. The molecule has 4 rings (SSSR count). The average Bonchev–Trinajstić information content (AvgIpc) is 3.43. The molecule has 38 heavy (non-hydrogen) atoms. The lowest BCUT2D eigenvalue weighted by atomic mass is 10.1. The van der Waals surface area contributed by atoms with E-state index >= 15 is 0 Å². The zero-order valence-electron chi connectivity index (χ0n) is 22.3. The van der Waals surface area contributed by atoms with Crippen molar-refractivity contribution in [3.63, 3.8) is 0 Å². The number of anilines is 4. The first-order valence-corrected chi connectivity index (χ1v) is 13.2. The Balaban J connectivity index is 1.40. The van der Waals surface area contributed by atoms with Crippen LogP contribution >= 0.6 is 0 Å². The number of benzene rings is 3. The number of nitrogen functional groups attached to an aromatic ring is 1. The highest BCUT2D eigenvalue weighted by Crippen LogP contribution is 2.19. The number of amides is 3. The van der Waals surface area contributed by atoms with Gasteiger partial charge in [0.2, 0.25) is 0 Å². The van der Waals surface area contributed by atoms with Gasteiger partial charge in [-0.15, -0.1) is 0 Å². The maximum Gasteiger partial charge on any atom is 0.322 e. The van der Waals surface area contributed by atoms with Gasteiger partial charge in [0.05, 0.1) is 11.4 Å². The standard InChI is InChI=1S/C30H38N6O2/c1-34(2)26-16-14-25(15-17-26)32-30(38)36(21-7-20-35-18-5-6-19-35)22-23-10-12-24(13-11-23)29(37)33-28-9-4-3-8-27(28)31/h3-4,8-17H,5-7,18-22,31H2,1-2H3,(H,32,38)(H,33,37). The van der Waals surface area contributed by atoms with Crippen LogP contribution in [0, 0.1) is 0 Å². The van der Waals surface area contributed by atoms with E-state index in [4.69, 9.17) is 5.73 Å². The topological polar surface area (TPSA) is 93.9 Å². The Bertz CT molecular complexity index is 1200. The van der Waals surface area contributed by atoms with Crippen LogP contribution in [0.4, 0.5) is 27.5 Å². The molecule has 1 fully saturated rings. The average molecular weight is 515 g/mol. The summed E-state index contributed by atoms with van der Waals surface area (Å²) < 4.78 is 0. The van der Waals surface area contributed by atoms with Gasteiger partial charge in [0.1, 0.15) is 0 Å². The van der Waals surface area contributed by atoms with Crippen LogP contribution in [0.15, 0.2) is 72.8 Å². The van der Waals surface area contributed by atoms with E-state index < -0.39 is 0 Å². The molecule has 3 aromatic carbocycles. The molecule has 0 spiro atoms. The predicted octanol–water partition coefficient (Wildman–Crippen LogP) is 5.11. The van der Waals surface area contributed by atoms with Gasteiger partial charge in [-0.05, 0) is 93.0 Å². The van der Waals surface area contributed by atoms with Crippen LogP contribution in [0.2, 0.25) is 0 Å². The van der Waals surface area contributed by atoms with Crippen molar-refractivity contribution in [1.29, 1.82) is 0 Å². The summed E-state index contributed by atoms with van der Waals surface area (Å²) in [6.07, 6.45) is 3.42. The summed E-state index contributed by atoms with van der Waals surface area (Å²) in [6, 6.07) is 22.2. The maximum atomic E-state index is 13.3. The van der Waals surface area contributed by atoms with E-state index in [1.54, 1.807) is 24.3 Å². The first-order chi connectivity index (χ1) is 18.4. The van der Waals surface area contributed by atoms with Crippen LogP contribution in [0.5, 0.6) is 0 Å². The Morgan fingerprint density at radius 3 is 2.24 bits per heavy atom. The molecule has 200 valence electrons. The molecule has 0 bridgehead atoms. The number of carbonyl (C=O) groups excluding carboxylic acids is 2. The molecule has 0 atom stereocenters. The van der Waals surface area contributed by atoms with Gasteiger partial charge in [-0.25, -0.2) is 4.79 Å². The van der Waals surface area contributed by atoms with Crippen molar-refractivity contribution in [1.82, 2.24) is 9.80 Å². The predicted molar refractivity (Wildman–Crippen MR) is 156 cm³/mol. The minimum Gasteiger partial charge on any atom is -0.397 e. The Kier molecular flexibility index (Phi) is 9.21. The molecular weight excluding hydrogens is 476 g/mol. The highest BCUT2D eigenvalue weighted by Gasteiger charge is 2.17. The van der Waals surface area contributed by atoms with Gasteiger partial charge < -0.3 is 31.1 Å². The van der Waals surface area contributed by atoms with Crippen LogP contribution in [-0.2, 0) is 6.54 Å². The Morgan fingerprint density at radius 1 is 0.895 bits per heavy atom. The van der Waals surface area contributed by atoms with E-state index in [0.29, 0.717) is 30.0 Å². The zero-order valence-corrected chi connectivity index (χ0v) is 22.3. The number of hydrogen-bond acceptors (Lipinski definition) is 5. The number of nitrogens with one attached hydrogen (secondary N) is 2. The number of nitrogens with zero attached hydrogens (tertiary/aromatic N) is 3. The summed E-state index contributed by atoms with van der Waals surface area (Å²) in [5.41, 5.74) is 10.4. The van der Waals surface area contributed by atoms with Crippen molar-refractivity contribution in [2.45, 2.75) is 25.8 Å². The fourth-order valence-electron chi connectivity index (χ4n) is 4.58. The third-order valence-corrected chi connectivity index (χ3v) is 6.82. The van der Waals surface area contributed by atoms with Crippen LogP contribution in [0.25, 0.3) is 0 Å². The fraction of sp³-hybridized carbons (Fsp3) is 0.333. The molecule has 0 saturated carbocycles. The molecule has 1 heterocycles. The quantitative estimate of drug-likeness (QED) is 0.327. The van der Waals surface area contributed by atoms with Crippen LogP contribution < -0.4 is 21.3 Å². The highest BCUT2D eigenvalue weighted by atomic mass is 16.2. The van der Waals surface area contributed by atoms with Gasteiger partial charge in [-0.3, -0.25) is 4.79 Å². The second-order valence-electron chi connectivity index (χ2n) is 9.93. The highest BCUT2D eigenvalue weighted by molar-refractivity contribution is 6.05. The molecule has 4 N–H and O–H groups in total. The zero-order chi connectivity index (χ0) is 26.9. The lowest BCUT2D eigenvalue weighted by Gasteiger charge is -2.25. The number of hydrogen-bond donors (Lipinski definition) is 3. The summed E-state index contributed by atoms with van der Waals surface area (Å²) in [4.78, 5) is 32.3. The van der Waals surface area contributed by atoms with Crippen LogP contribution in [0.3, 0.4) is 0 Å². The molecular formula is C30H38N6O2. The minimum absolute atomic E-state index is 0.134. The summed E-state index contributed by atoms with van der Waals surface area (Å²) in [6.45, 7) is 4.37. The molecule has 0 unspecified atom stereocenters. The molecule has 1 saturated heterocycles. The largest absolute Gasteiger partial charge is 0.397 e. The third kappa shape index (κ3) is 7.49. The van der Waals surface area contributed by atoms with E-state index in [9.17, 15) is 9.59 Å². The Hall–Kier alpha value is -4.04.